The molecule has 0 bridgehead atoms. The lowest BCUT2D eigenvalue weighted by molar-refractivity contribution is -0.137. The van der Waals surface area contributed by atoms with E-state index in [-0.39, 0.29) is 17.6 Å². The molecule has 0 spiro atoms. The van der Waals surface area contributed by atoms with Crippen LogP contribution in [0.2, 0.25) is 0 Å². The van der Waals surface area contributed by atoms with Gasteiger partial charge in [-0.3, -0.25) is 4.79 Å². The number of alkyl halides is 3. The third-order valence-electron chi connectivity index (χ3n) is 6.72. The molecule has 1 aromatic rings. The van der Waals surface area contributed by atoms with Gasteiger partial charge < -0.3 is 14.5 Å². The molecular weight excluding hydrogens is 381 g/mol. The Hall–Kier alpha value is -1.60. The van der Waals surface area contributed by atoms with Crippen molar-refractivity contribution in [3.8, 4) is 0 Å². The minimum atomic E-state index is -4.44. The minimum absolute atomic E-state index is 0.115. The Bertz CT molecular complexity index is 748. The van der Waals surface area contributed by atoms with Crippen molar-refractivity contribution in [2.45, 2.75) is 44.0 Å². The van der Waals surface area contributed by atoms with Crippen LogP contribution >= 0.6 is 0 Å². The maximum absolute atomic E-state index is 13.0. The van der Waals surface area contributed by atoms with Gasteiger partial charge in [-0.2, -0.15) is 13.2 Å². The van der Waals surface area contributed by atoms with Crippen LogP contribution in [-0.2, 0) is 10.9 Å². The van der Waals surface area contributed by atoms with Gasteiger partial charge in [0.25, 0.3) is 5.91 Å². The summed E-state index contributed by atoms with van der Waals surface area (Å²) in [4.78, 5) is 16.9. The number of benzene rings is 1. The predicted molar refractivity (Wildman–Crippen MR) is 104 cm³/mol. The van der Waals surface area contributed by atoms with Gasteiger partial charge in [0.2, 0.25) is 0 Å². The van der Waals surface area contributed by atoms with Gasteiger partial charge in [0.15, 0.2) is 0 Å². The Morgan fingerprint density at radius 3 is 2.48 bits per heavy atom. The van der Waals surface area contributed by atoms with Crippen LogP contribution in [0.5, 0.6) is 0 Å². The SMILES string of the molecule is CN(C)[C@@H]1C[C@@H]2CN(C(=O)c3cccc(C(F)(F)F)c3)C[C@@H]2C[C@H]1OCC1CC1. The topological polar surface area (TPSA) is 32.8 Å². The van der Waals surface area contributed by atoms with Crippen molar-refractivity contribution >= 4 is 5.91 Å². The largest absolute Gasteiger partial charge is 0.416 e. The first-order chi connectivity index (χ1) is 13.7. The number of halogens is 3. The fraction of sp³-hybridized carbons (Fsp3) is 0.682. The standard InChI is InChI=1S/C22H29F3N2O2/c1-26(2)19-9-16-11-27(12-17(16)10-20(19)29-13-14-6-7-14)21(28)15-4-3-5-18(8-15)22(23,24)25/h3-5,8,14,16-17,19-20H,6-7,9-13H2,1-2H3/t16-,17+,19-,20-/m1/s1. The lowest BCUT2D eigenvalue weighted by Gasteiger charge is -2.41. The number of nitrogens with zero attached hydrogens (tertiary/aromatic N) is 2. The summed E-state index contributed by atoms with van der Waals surface area (Å²) in [5.41, 5.74) is -0.662. The molecule has 1 aliphatic heterocycles. The van der Waals surface area contributed by atoms with Crippen molar-refractivity contribution in [2.24, 2.45) is 17.8 Å². The lowest BCUT2D eigenvalue weighted by Crippen LogP contribution is -2.48. The van der Waals surface area contributed by atoms with Gasteiger partial charge in [-0.15, -0.1) is 0 Å². The fourth-order valence-corrected chi connectivity index (χ4v) is 4.83. The summed E-state index contributed by atoms with van der Waals surface area (Å²) in [5.74, 6) is 1.13. The highest BCUT2D eigenvalue weighted by molar-refractivity contribution is 5.94. The Morgan fingerprint density at radius 1 is 1.17 bits per heavy atom. The second-order valence-electron chi connectivity index (χ2n) is 9.13. The molecule has 29 heavy (non-hydrogen) atoms. The molecular formula is C22H29F3N2O2. The van der Waals surface area contributed by atoms with Crippen molar-refractivity contribution in [2.75, 3.05) is 33.8 Å². The lowest BCUT2D eigenvalue weighted by atomic mass is 9.77. The van der Waals surface area contributed by atoms with Crippen molar-refractivity contribution in [1.82, 2.24) is 9.80 Å². The molecule has 1 aromatic carbocycles. The molecule has 0 aromatic heterocycles. The molecule has 1 heterocycles. The Kier molecular flexibility index (Phi) is 5.64. The molecule has 4 nitrogen and oxygen atoms in total. The number of hydrogen-bond donors (Lipinski definition) is 0. The molecule has 0 unspecified atom stereocenters. The predicted octanol–water partition coefficient (Wildman–Crippen LogP) is 3.91. The Balaban J connectivity index is 1.44. The van der Waals surface area contributed by atoms with Crippen LogP contribution in [0.25, 0.3) is 0 Å². The van der Waals surface area contributed by atoms with Crippen molar-refractivity contribution in [1.29, 1.82) is 0 Å². The zero-order valence-corrected chi connectivity index (χ0v) is 17.0. The van der Waals surface area contributed by atoms with Gasteiger partial charge in [-0.25, -0.2) is 0 Å². The van der Waals surface area contributed by atoms with Crippen molar-refractivity contribution < 1.29 is 22.7 Å². The molecule has 7 heteroatoms. The maximum Gasteiger partial charge on any atom is 0.416 e. The van der Waals surface area contributed by atoms with Gasteiger partial charge in [0.1, 0.15) is 0 Å². The molecule has 0 radical (unpaired) electrons. The smallest absolute Gasteiger partial charge is 0.376 e. The van der Waals surface area contributed by atoms with Gasteiger partial charge in [-0.05, 0) is 75.7 Å². The van der Waals surface area contributed by atoms with Gasteiger partial charge in [0, 0.05) is 31.3 Å². The number of hydrogen-bond acceptors (Lipinski definition) is 3. The van der Waals surface area contributed by atoms with Crippen LogP contribution in [0.15, 0.2) is 24.3 Å². The Labute approximate surface area is 170 Å². The van der Waals surface area contributed by atoms with Gasteiger partial charge >= 0.3 is 6.18 Å². The number of ether oxygens (including phenoxy) is 1. The van der Waals surface area contributed by atoms with Gasteiger partial charge in [0.05, 0.1) is 11.7 Å². The summed E-state index contributed by atoms with van der Waals surface area (Å²) in [5, 5.41) is 0. The minimum Gasteiger partial charge on any atom is -0.376 e. The zero-order valence-electron chi connectivity index (χ0n) is 17.0. The molecule has 160 valence electrons. The molecule has 1 amide bonds. The third kappa shape index (κ3) is 4.61. The average molecular weight is 410 g/mol. The quantitative estimate of drug-likeness (QED) is 0.738. The zero-order chi connectivity index (χ0) is 20.8. The van der Waals surface area contributed by atoms with E-state index in [2.05, 4.69) is 19.0 Å². The van der Waals surface area contributed by atoms with E-state index in [0.29, 0.717) is 36.9 Å². The number of likely N-dealkylation sites (N-methyl/N-ethyl adjacent to an activating group) is 1. The number of likely N-dealkylation sites (tertiary alicyclic amines) is 1. The number of carbonyl (C=O) groups excluding carboxylic acids is 1. The van der Waals surface area contributed by atoms with Crippen LogP contribution in [0.4, 0.5) is 13.2 Å². The first-order valence-corrected chi connectivity index (χ1v) is 10.5. The molecule has 2 saturated carbocycles. The highest BCUT2D eigenvalue weighted by Gasteiger charge is 2.45. The van der Waals surface area contributed by atoms with Crippen molar-refractivity contribution in [3.05, 3.63) is 35.4 Å². The van der Waals surface area contributed by atoms with Crippen LogP contribution in [0.3, 0.4) is 0 Å². The van der Waals surface area contributed by atoms with E-state index in [1.165, 1.54) is 25.0 Å². The molecule has 4 atom stereocenters. The fourth-order valence-electron chi connectivity index (χ4n) is 4.83. The highest BCUT2D eigenvalue weighted by Crippen LogP contribution is 2.40. The van der Waals surface area contributed by atoms with Crippen LogP contribution in [0, 0.1) is 17.8 Å². The van der Waals surface area contributed by atoms with Crippen molar-refractivity contribution in [3.63, 3.8) is 0 Å². The van der Waals surface area contributed by atoms with Crippen LogP contribution in [0.1, 0.15) is 41.6 Å². The molecule has 2 aliphatic carbocycles. The summed E-state index contributed by atoms with van der Waals surface area (Å²) < 4.78 is 45.3. The number of amides is 1. The summed E-state index contributed by atoms with van der Waals surface area (Å²) in [6, 6.07) is 5.07. The Morgan fingerprint density at radius 2 is 1.86 bits per heavy atom. The van der Waals surface area contributed by atoms with Crippen LogP contribution < -0.4 is 0 Å². The monoisotopic (exact) mass is 410 g/mol. The number of carbonyl (C=O) groups is 1. The second kappa shape index (κ2) is 7.91. The van der Waals surface area contributed by atoms with Crippen LogP contribution in [-0.4, -0.2) is 61.6 Å². The van der Waals surface area contributed by atoms with E-state index in [1.54, 1.807) is 4.90 Å². The summed E-state index contributed by atoms with van der Waals surface area (Å²) in [6.45, 7) is 2.03. The maximum atomic E-state index is 13.0. The van der Waals surface area contributed by atoms with E-state index < -0.39 is 11.7 Å². The first kappa shape index (κ1) is 20.7. The van der Waals surface area contributed by atoms with Gasteiger partial charge in [-0.1, -0.05) is 6.07 Å². The molecule has 0 N–H and O–H groups in total. The van der Waals surface area contributed by atoms with E-state index >= 15 is 0 Å². The van der Waals surface area contributed by atoms with E-state index in [9.17, 15) is 18.0 Å². The molecule has 1 saturated heterocycles. The van der Waals surface area contributed by atoms with E-state index in [4.69, 9.17) is 4.74 Å². The third-order valence-corrected chi connectivity index (χ3v) is 6.72. The molecule has 3 fully saturated rings. The highest BCUT2D eigenvalue weighted by atomic mass is 19.4. The van der Waals surface area contributed by atoms with E-state index in [0.717, 1.165) is 31.6 Å². The first-order valence-electron chi connectivity index (χ1n) is 10.5. The second-order valence-corrected chi connectivity index (χ2v) is 9.13. The summed E-state index contributed by atoms with van der Waals surface area (Å²) >= 11 is 0. The average Bonchev–Trinajstić information content (AvgIpc) is 3.41. The van der Waals surface area contributed by atoms with E-state index in [1.807, 2.05) is 0 Å². The number of rotatable bonds is 5. The number of fused-ring (bicyclic) bond motifs is 1. The summed E-state index contributed by atoms with van der Waals surface area (Å²) in [7, 11) is 4.14. The molecule has 3 aliphatic rings. The summed E-state index contributed by atoms with van der Waals surface area (Å²) in [6.07, 6.45) is 0.0947. The molecule has 4 rings (SSSR count). The normalized spacial score (nSPS) is 29.9.